The van der Waals surface area contributed by atoms with Crippen molar-refractivity contribution in [1.82, 2.24) is 9.97 Å². The maximum atomic E-state index is 4.23. The van der Waals surface area contributed by atoms with E-state index in [-0.39, 0.29) is 0 Å². The molecule has 0 saturated heterocycles. The molecule has 0 unspecified atom stereocenters. The Labute approximate surface area is 161 Å². The Morgan fingerprint density at radius 1 is 0.500 bits per heavy atom. The minimum absolute atomic E-state index is 0.458. The van der Waals surface area contributed by atoms with Crippen LogP contribution in [0.3, 0.4) is 0 Å². The monoisotopic (exact) mass is 374 g/mol. The molecule has 1 aliphatic rings. The second-order valence-corrected chi connectivity index (χ2v) is 8.34. The van der Waals surface area contributed by atoms with Crippen LogP contribution in [0, 0.1) is 0 Å². The molecule has 0 amide bonds. The van der Waals surface area contributed by atoms with Gasteiger partial charge in [0.1, 0.15) is 0 Å². The van der Waals surface area contributed by atoms with E-state index in [0.717, 1.165) is 0 Å². The molecule has 1 saturated carbocycles. The van der Waals surface area contributed by atoms with E-state index in [1.807, 2.05) is 24.8 Å². The number of thiophene rings is 2. The first kappa shape index (κ1) is 15.9. The van der Waals surface area contributed by atoms with Crippen molar-refractivity contribution in [2.75, 3.05) is 0 Å². The second kappa shape index (κ2) is 6.78. The molecule has 26 heavy (non-hydrogen) atoms. The third-order valence-electron chi connectivity index (χ3n) is 5.59. The molecular formula is C22H18N2S2. The van der Waals surface area contributed by atoms with Gasteiger partial charge in [-0.15, -0.1) is 0 Å². The third kappa shape index (κ3) is 2.61. The molecule has 1 aliphatic carbocycles. The van der Waals surface area contributed by atoms with Gasteiger partial charge >= 0.3 is 0 Å². The first-order valence-electron chi connectivity index (χ1n) is 8.77. The molecule has 4 heteroatoms. The zero-order valence-corrected chi connectivity index (χ0v) is 15.7. The Morgan fingerprint density at radius 2 is 0.885 bits per heavy atom. The number of rotatable bonds is 4. The molecule has 4 heterocycles. The fourth-order valence-corrected chi connectivity index (χ4v) is 5.92. The van der Waals surface area contributed by atoms with Crippen LogP contribution in [0.4, 0.5) is 0 Å². The van der Waals surface area contributed by atoms with Gasteiger partial charge < -0.3 is 0 Å². The molecule has 5 rings (SSSR count). The van der Waals surface area contributed by atoms with Crippen molar-refractivity contribution in [2.24, 2.45) is 0 Å². The zero-order valence-electron chi connectivity index (χ0n) is 14.1. The maximum absolute atomic E-state index is 4.23. The smallest absolute Gasteiger partial charge is 0.0270 e. The number of nitrogens with zero attached hydrogens (tertiary/aromatic N) is 2. The fraction of sp³-hybridized carbons (Fsp3) is 0.182. The standard InChI is InChI=1S/C22H18N2S2/c1-7-23-8-2-15(1)19-20(16-3-9-24-10-4-16)22(18-6-12-26-14-18)21(19)17-5-11-25-13-17/h1-14,19-22H/t19-,20+,21+,22-. The maximum Gasteiger partial charge on any atom is 0.0270 e. The van der Waals surface area contributed by atoms with Crippen LogP contribution in [-0.4, -0.2) is 9.97 Å². The minimum Gasteiger partial charge on any atom is -0.265 e. The second-order valence-electron chi connectivity index (χ2n) is 6.78. The Kier molecular flexibility index (Phi) is 4.15. The van der Waals surface area contributed by atoms with Crippen molar-refractivity contribution in [3.05, 3.63) is 105 Å². The highest BCUT2D eigenvalue weighted by Crippen LogP contribution is 2.66. The topological polar surface area (TPSA) is 25.8 Å². The minimum atomic E-state index is 0.458. The Bertz CT molecular complexity index is 868. The lowest BCUT2D eigenvalue weighted by atomic mass is 9.50. The Hall–Kier alpha value is -2.30. The fourth-order valence-electron chi connectivity index (χ4n) is 4.51. The van der Waals surface area contributed by atoms with Gasteiger partial charge in [0.25, 0.3) is 0 Å². The first-order valence-corrected chi connectivity index (χ1v) is 10.7. The summed E-state index contributed by atoms with van der Waals surface area (Å²) in [5.41, 5.74) is 5.67. The van der Waals surface area contributed by atoms with Crippen LogP contribution >= 0.6 is 22.7 Å². The normalized spacial score (nSPS) is 24.9. The van der Waals surface area contributed by atoms with Gasteiger partial charge in [0.05, 0.1) is 0 Å². The number of hydrogen-bond donors (Lipinski definition) is 0. The molecule has 4 atom stereocenters. The van der Waals surface area contributed by atoms with Crippen LogP contribution < -0.4 is 0 Å². The van der Waals surface area contributed by atoms with E-state index >= 15 is 0 Å². The summed E-state index contributed by atoms with van der Waals surface area (Å²) in [5.74, 6) is 1.91. The molecular weight excluding hydrogens is 356 g/mol. The van der Waals surface area contributed by atoms with Gasteiger partial charge in [-0.2, -0.15) is 22.7 Å². The summed E-state index contributed by atoms with van der Waals surface area (Å²) in [5, 5.41) is 9.04. The van der Waals surface area contributed by atoms with Gasteiger partial charge in [-0.25, -0.2) is 0 Å². The Morgan fingerprint density at radius 3 is 1.23 bits per heavy atom. The van der Waals surface area contributed by atoms with Crippen LogP contribution in [0.15, 0.2) is 82.7 Å². The predicted molar refractivity (Wildman–Crippen MR) is 108 cm³/mol. The van der Waals surface area contributed by atoms with Crippen LogP contribution in [0.25, 0.3) is 0 Å². The van der Waals surface area contributed by atoms with Crippen molar-refractivity contribution in [3.8, 4) is 0 Å². The van der Waals surface area contributed by atoms with Crippen LogP contribution in [-0.2, 0) is 0 Å². The highest BCUT2D eigenvalue weighted by atomic mass is 32.1. The van der Waals surface area contributed by atoms with Crippen molar-refractivity contribution in [2.45, 2.75) is 23.7 Å². The van der Waals surface area contributed by atoms with Gasteiger partial charge in [0.2, 0.25) is 0 Å². The largest absolute Gasteiger partial charge is 0.265 e. The molecule has 2 nitrogen and oxygen atoms in total. The third-order valence-corrected chi connectivity index (χ3v) is 6.99. The molecule has 0 aliphatic heterocycles. The van der Waals surface area contributed by atoms with Gasteiger partial charge in [-0.3, -0.25) is 9.97 Å². The van der Waals surface area contributed by atoms with E-state index in [1.165, 1.54) is 22.3 Å². The lowest BCUT2D eigenvalue weighted by Crippen LogP contribution is -2.39. The van der Waals surface area contributed by atoms with Crippen molar-refractivity contribution >= 4 is 22.7 Å². The predicted octanol–water partition coefficient (Wildman–Crippen LogP) is 6.05. The van der Waals surface area contributed by atoms with E-state index in [9.17, 15) is 0 Å². The summed E-state index contributed by atoms with van der Waals surface area (Å²) in [6.45, 7) is 0. The summed E-state index contributed by atoms with van der Waals surface area (Å²) >= 11 is 3.58. The number of pyridine rings is 2. The van der Waals surface area contributed by atoms with E-state index in [1.54, 1.807) is 22.7 Å². The summed E-state index contributed by atoms with van der Waals surface area (Å²) in [7, 11) is 0. The molecule has 1 fully saturated rings. The molecule has 0 radical (unpaired) electrons. The van der Waals surface area contributed by atoms with Crippen molar-refractivity contribution in [3.63, 3.8) is 0 Å². The van der Waals surface area contributed by atoms with Gasteiger partial charge in [-0.05, 0) is 104 Å². The molecule has 0 N–H and O–H groups in total. The summed E-state index contributed by atoms with van der Waals surface area (Å²) in [4.78, 5) is 8.47. The zero-order chi connectivity index (χ0) is 17.3. The average molecular weight is 375 g/mol. The van der Waals surface area contributed by atoms with Crippen molar-refractivity contribution in [1.29, 1.82) is 0 Å². The van der Waals surface area contributed by atoms with Gasteiger partial charge in [0, 0.05) is 24.8 Å². The highest BCUT2D eigenvalue weighted by molar-refractivity contribution is 7.08. The van der Waals surface area contributed by atoms with E-state index < -0.39 is 0 Å². The lowest BCUT2D eigenvalue weighted by Gasteiger charge is -2.53. The van der Waals surface area contributed by atoms with Crippen molar-refractivity contribution < 1.29 is 0 Å². The van der Waals surface area contributed by atoms with Crippen LogP contribution in [0.1, 0.15) is 45.9 Å². The SMILES string of the molecule is c1cc([C@@H]2[C@H](c3ccncc3)[C@@H](c3ccsc3)[C@H]2c2ccsc2)ccn1. The average Bonchev–Trinajstić information content (AvgIpc) is 3.37. The lowest BCUT2D eigenvalue weighted by molar-refractivity contribution is 0.229. The molecule has 0 aromatic carbocycles. The number of hydrogen-bond acceptors (Lipinski definition) is 4. The summed E-state index contributed by atoms with van der Waals surface area (Å²) in [6.07, 6.45) is 7.67. The molecule has 0 bridgehead atoms. The first-order chi connectivity index (χ1) is 12.9. The molecule has 4 aromatic rings. The summed E-state index contributed by atoms with van der Waals surface area (Å²) < 4.78 is 0. The summed E-state index contributed by atoms with van der Waals surface area (Å²) in [6, 6.07) is 13.3. The quantitative estimate of drug-likeness (QED) is 0.435. The molecule has 4 aromatic heterocycles. The molecule has 128 valence electrons. The number of aromatic nitrogens is 2. The van der Waals surface area contributed by atoms with E-state index in [0.29, 0.717) is 23.7 Å². The van der Waals surface area contributed by atoms with E-state index in [4.69, 9.17) is 0 Å². The highest BCUT2D eigenvalue weighted by Gasteiger charge is 2.52. The van der Waals surface area contributed by atoms with Gasteiger partial charge in [-0.1, -0.05) is 0 Å². The van der Waals surface area contributed by atoms with Gasteiger partial charge in [0.15, 0.2) is 0 Å². The van der Waals surface area contributed by atoms with Crippen LogP contribution in [0.5, 0.6) is 0 Å². The molecule has 0 spiro atoms. The van der Waals surface area contributed by atoms with E-state index in [2.05, 4.69) is 67.9 Å². The van der Waals surface area contributed by atoms with Crippen LogP contribution in [0.2, 0.25) is 0 Å². The Balaban J connectivity index is 1.66.